The van der Waals surface area contributed by atoms with E-state index in [9.17, 15) is 4.79 Å². The van der Waals surface area contributed by atoms with Crippen LogP contribution in [-0.4, -0.2) is 37.1 Å². The van der Waals surface area contributed by atoms with E-state index in [0.29, 0.717) is 13.0 Å². The van der Waals surface area contributed by atoms with Gasteiger partial charge in [0.25, 0.3) is 0 Å². The molecular formula is C10H14N6O2. The molecule has 0 spiro atoms. The van der Waals surface area contributed by atoms with Crippen molar-refractivity contribution < 1.29 is 9.53 Å². The van der Waals surface area contributed by atoms with E-state index in [0.717, 1.165) is 5.69 Å². The van der Waals surface area contributed by atoms with E-state index in [1.165, 1.54) is 11.0 Å². The average molecular weight is 250 g/mol. The fourth-order valence-corrected chi connectivity index (χ4v) is 1.48. The van der Waals surface area contributed by atoms with Crippen LogP contribution < -0.4 is 5.73 Å². The number of anilines is 1. The van der Waals surface area contributed by atoms with Crippen LogP contribution in [-0.2, 0) is 29.5 Å². The zero-order valence-electron chi connectivity index (χ0n) is 9.98. The summed E-state index contributed by atoms with van der Waals surface area (Å²) in [5.74, 6) is -0.236. The first-order chi connectivity index (χ1) is 8.65. The normalized spacial score (nSPS) is 10.5. The Morgan fingerprint density at radius 2 is 2.39 bits per heavy atom. The molecule has 0 aliphatic heterocycles. The highest BCUT2D eigenvalue weighted by Crippen LogP contribution is 1.98. The molecule has 0 atom stereocenters. The van der Waals surface area contributed by atoms with Crippen LogP contribution in [0.3, 0.4) is 0 Å². The molecule has 2 aromatic heterocycles. The molecule has 0 unspecified atom stereocenters. The number of hydrogen-bond acceptors (Lipinski definition) is 6. The van der Waals surface area contributed by atoms with Gasteiger partial charge in [-0.3, -0.25) is 9.48 Å². The van der Waals surface area contributed by atoms with Crippen LogP contribution in [0.2, 0.25) is 0 Å². The summed E-state index contributed by atoms with van der Waals surface area (Å²) in [6, 6.07) is 1.88. The first-order valence-corrected chi connectivity index (χ1v) is 5.42. The van der Waals surface area contributed by atoms with Gasteiger partial charge in [0, 0.05) is 25.4 Å². The first-order valence-electron chi connectivity index (χ1n) is 5.42. The van der Waals surface area contributed by atoms with Gasteiger partial charge in [-0.1, -0.05) is 0 Å². The minimum Gasteiger partial charge on any atom is -0.464 e. The second kappa shape index (κ2) is 5.30. The number of aryl methyl sites for hydroxylation is 1. The summed E-state index contributed by atoms with van der Waals surface area (Å²) < 4.78 is 8.15. The summed E-state index contributed by atoms with van der Waals surface area (Å²) in [5.41, 5.74) is 6.34. The van der Waals surface area contributed by atoms with Crippen molar-refractivity contribution in [3.8, 4) is 0 Å². The van der Waals surface area contributed by atoms with Crippen molar-refractivity contribution in [2.24, 2.45) is 7.05 Å². The third kappa shape index (κ3) is 3.06. The summed E-state index contributed by atoms with van der Waals surface area (Å²) in [6.45, 7) is 0.318. The molecule has 2 heterocycles. The Balaban J connectivity index is 1.74. The van der Waals surface area contributed by atoms with Gasteiger partial charge >= 0.3 is 5.97 Å². The lowest BCUT2D eigenvalue weighted by molar-refractivity contribution is -0.144. The summed E-state index contributed by atoms with van der Waals surface area (Å²) in [5, 5.41) is 7.82. The molecule has 2 N–H and O–H groups in total. The van der Waals surface area contributed by atoms with Crippen LogP contribution in [0, 0.1) is 0 Å². The Hall–Kier alpha value is -2.38. The van der Waals surface area contributed by atoms with Crippen LogP contribution >= 0.6 is 0 Å². The fourth-order valence-electron chi connectivity index (χ4n) is 1.48. The third-order valence-electron chi connectivity index (χ3n) is 2.39. The number of carbonyl (C=O) groups excluding carboxylic acids is 1. The van der Waals surface area contributed by atoms with Gasteiger partial charge in [0.15, 0.2) is 0 Å². The molecule has 2 aromatic rings. The quantitative estimate of drug-likeness (QED) is 0.710. The molecule has 8 nitrogen and oxygen atoms in total. The van der Waals surface area contributed by atoms with Crippen LogP contribution in [0.15, 0.2) is 18.6 Å². The Bertz CT molecular complexity index is 532. The number of aromatic nitrogens is 5. The molecule has 0 aromatic carbocycles. The summed E-state index contributed by atoms with van der Waals surface area (Å²) in [6.07, 6.45) is 3.72. The minimum atomic E-state index is -0.373. The van der Waals surface area contributed by atoms with Crippen molar-refractivity contribution in [3.63, 3.8) is 0 Å². The predicted molar refractivity (Wildman–Crippen MR) is 62.3 cm³/mol. The molecule has 0 saturated heterocycles. The molecule has 18 heavy (non-hydrogen) atoms. The molecule has 2 rings (SSSR count). The minimum absolute atomic E-state index is 0.00951. The van der Waals surface area contributed by atoms with Crippen molar-refractivity contribution in [1.29, 1.82) is 0 Å². The maximum absolute atomic E-state index is 11.5. The van der Waals surface area contributed by atoms with E-state index in [1.54, 1.807) is 10.9 Å². The highest BCUT2D eigenvalue weighted by atomic mass is 16.5. The highest BCUT2D eigenvalue weighted by molar-refractivity contribution is 5.69. The Kier molecular flexibility index (Phi) is 3.56. The topological polar surface area (TPSA) is 101 Å². The maximum Gasteiger partial charge on any atom is 0.327 e. The molecule has 8 heteroatoms. The van der Waals surface area contributed by atoms with Crippen molar-refractivity contribution in [1.82, 2.24) is 24.5 Å². The molecule has 0 saturated carbocycles. The van der Waals surface area contributed by atoms with Gasteiger partial charge in [-0.25, -0.2) is 9.67 Å². The van der Waals surface area contributed by atoms with Gasteiger partial charge < -0.3 is 10.5 Å². The summed E-state index contributed by atoms with van der Waals surface area (Å²) >= 11 is 0. The Morgan fingerprint density at radius 3 is 3.00 bits per heavy atom. The van der Waals surface area contributed by atoms with Crippen molar-refractivity contribution in [2.45, 2.75) is 13.0 Å². The number of nitrogens with zero attached hydrogens (tertiary/aromatic N) is 5. The first kappa shape index (κ1) is 12.1. The third-order valence-corrected chi connectivity index (χ3v) is 2.39. The molecule has 96 valence electrons. The number of esters is 1. The fraction of sp³-hybridized carbons (Fsp3) is 0.400. The average Bonchev–Trinajstić information content (AvgIpc) is 2.89. The monoisotopic (exact) mass is 250 g/mol. The van der Waals surface area contributed by atoms with E-state index in [1.807, 2.05) is 13.1 Å². The molecule has 0 aliphatic rings. The summed E-state index contributed by atoms with van der Waals surface area (Å²) in [7, 11) is 1.84. The van der Waals surface area contributed by atoms with Crippen LogP contribution in [0.5, 0.6) is 0 Å². The largest absolute Gasteiger partial charge is 0.464 e. The van der Waals surface area contributed by atoms with Crippen molar-refractivity contribution in [2.75, 3.05) is 12.3 Å². The Morgan fingerprint density at radius 1 is 1.56 bits per heavy atom. The van der Waals surface area contributed by atoms with E-state index >= 15 is 0 Å². The van der Waals surface area contributed by atoms with Crippen LogP contribution in [0.4, 0.5) is 5.95 Å². The van der Waals surface area contributed by atoms with Crippen molar-refractivity contribution in [3.05, 3.63) is 24.3 Å². The van der Waals surface area contributed by atoms with E-state index < -0.39 is 0 Å². The van der Waals surface area contributed by atoms with E-state index in [4.69, 9.17) is 10.5 Å². The molecule has 0 aliphatic carbocycles. The van der Waals surface area contributed by atoms with Gasteiger partial charge in [0.05, 0.1) is 6.61 Å². The van der Waals surface area contributed by atoms with Crippen LogP contribution in [0.1, 0.15) is 5.69 Å². The lowest BCUT2D eigenvalue weighted by Gasteiger charge is -2.04. The summed E-state index contributed by atoms with van der Waals surface area (Å²) in [4.78, 5) is 15.2. The lowest BCUT2D eigenvalue weighted by Crippen LogP contribution is -2.16. The standard InChI is InChI=1S/C10H14N6O2/c1-15-8(2-4-13-15)3-5-18-9(17)6-16-7-12-10(11)14-16/h2,4,7H,3,5-6H2,1H3,(H2,11,14). The number of nitrogens with two attached hydrogens (primary N) is 1. The van der Waals surface area contributed by atoms with Crippen molar-refractivity contribution >= 4 is 11.9 Å². The second-order valence-electron chi connectivity index (χ2n) is 3.72. The molecule has 0 amide bonds. The van der Waals surface area contributed by atoms with Gasteiger partial charge in [-0.05, 0) is 6.07 Å². The van der Waals surface area contributed by atoms with Gasteiger partial charge in [-0.2, -0.15) is 5.10 Å². The zero-order valence-corrected chi connectivity index (χ0v) is 9.98. The molecular weight excluding hydrogens is 236 g/mol. The molecule has 0 bridgehead atoms. The number of rotatable bonds is 5. The molecule has 0 fully saturated rings. The molecule has 0 radical (unpaired) electrons. The zero-order chi connectivity index (χ0) is 13.0. The van der Waals surface area contributed by atoms with E-state index in [2.05, 4.69) is 15.2 Å². The van der Waals surface area contributed by atoms with Crippen LogP contribution in [0.25, 0.3) is 0 Å². The lowest BCUT2D eigenvalue weighted by atomic mass is 10.3. The number of nitrogen functional groups attached to an aromatic ring is 1. The number of carbonyl (C=O) groups is 1. The van der Waals surface area contributed by atoms with Gasteiger partial charge in [0.1, 0.15) is 12.9 Å². The van der Waals surface area contributed by atoms with Gasteiger partial charge in [0.2, 0.25) is 5.95 Å². The maximum atomic E-state index is 11.5. The number of hydrogen-bond donors (Lipinski definition) is 1. The Labute approximate surface area is 103 Å². The highest BCUT2D eigenvalue weighted by Gasteiger charge is 2.06. The second-order valence-corrected chi connectivity index (χ2v) is 3.72. The SMILES string of the molecule is Cn1nccc1CCOC(=O)Cn1cnc(N)n1. The smallest absolute Gasteiger partial charge is 0.327 e. The van der Waals surface area contributed by atoms with E-state index in [-0.39, 0.29) is 18.5 Å². The number of ether oxygens (including phenoxy) is 1. The predicted octanol–water partition coefficient (Wildman–Crippen LogP) is -0.620. The van der Waals surface area contributed by atoms with Gasteiger partial charge in [-0.15, -0.1) is 5.10 Å².